The second kappa shape index (κ2) is 5.26. The van der Waals surface area contributed by atoms with Crippen molar-refractivity contribution >= 4 is 5.91 Å². The van der Waals surface area contributed by atoms with Gasteiger partial charge in [-0.25, -0.2) is 4.68 Å². The van der Waals surface area contributed by atoms with Gasteiger partial charge in [-0.15, -0.1) is 5.10 Å². The highest BCUT2D eigenvalue weighted by molar-refractivity contribution is 5.91. The van der Waals surface area contributed by atoms with E-state index in [1.807, 2.05) is 0 Å². The first-order valence-corrected chi connectivity index (χ1v) is 6.85. The van der Waals surface area contributed by atoms with Gasteiger partial charge in [0.15, 0.2) is 5.69 Å². The zero-order valence-electron chi connectivity index (χ0n) is 11.2. The van der Waals surface area contributed by atoms with Gasteiger partial charge in [0.2, 0.25) is 0 Å². The van der Waals surface area contributed by atoms with Crippen LogP contribution in [-0.2, 0) is 0 Å². The first-order valence-electron chi connectivity index (χ1n) is 6.85. The minimum atomic E-state index is -0.126. The number of carbonyl (C=O) groups excluding carboxylic acids is 1. The summed E-state index contributed by atoms with van der Waals surface area (Å²) in [6, 6.07) is 0.796. The van der Waals surface area contributed by atoms with E-state index in [1.165, 1.54) is 6.42 Å². The third-order valence-corrected chi connectivity index (χ3v) is 4.05. The highest BCUT2D eigenvalue weighted by Gasteiger charge is 2.23. The molecule has 1 aromatic heterocycles. The van der Waals surface area contributed by atoms with Crippen LogP contribution in [0.15, 0.2) is 6.20 Å². The lowest BCUT2D eigenvalue weighted by molar-refractivity contribution is 0.0938. The Morgan fingerprint density at radius 1 is 1.58 bits per heavy atom. The highest BCUT2D eigenvalue weighted by atomic mass is 16.2. The molecule has 1 amide bonds. The molecular formula is C12H20N6O. The zero-order valence-corrected chi connectivity index (χ0v) is 11.2. The molecule has 0 saturated carbocycles. The van der Waals surface area contributed by atoms with Gasteiger partial charge >= 0.3 is 0 Å². The van der Waals surface area contributed by atoms with E-state index in [4.69, 9.17) is 0 Å². The Labute approximate surface area is 112 Å². The van der Waals surface area contributed by atoms with Crippen LogP contribution < -0.4 is 10.6 Å². The number of nitrogens with one attached hydrogen (secondary N) is 2. The van der Waals surface area contributed by atoms with E-state index in [2.05, 4.69) is 32.9 Å². The average Bonchev–Trinajstić information content (AvgIpc) is 2.94. The van der Waals surface area contributed by atoms with Crippen molar-refractivity contribution in [2.24, 2.45) is 0 Å². The summed E-state index contributed by atoms with van der Waals surface area (Å²) in [5, 5.41) is 14.1. The number of nitrogens with zero attached hydrogens (tertiary/aromatic N) is 4. The van der Waals surface area contributed by atoms with Crippen LogP contribution in [0, 0.1) is 0 Å². The van der Waals surface area contributed by atoms with Crippen LogP contribution in [0.2, 0.25) is 0 Å². The van der Waals surface area contributed by atoms with Gasteiger partial charge in [-0.1, -0.05) is 5.21 Å². The Balaban J connectivity index is 1.53. The molecule has 3 rings (SSSR count). The number of likely N-dealkylation sites (tertiary alicyclic amines) is 1. The summed E-state index contributed by atoms with van der Waals surface area (Å²) in [4.78, 5) is 14.3. The molecule has 2 aliphatic heterocycles. The molecule has 7 nitrogen and oxygen atoms in total. The summed E-state index contributed by atoms with van der Waals surface area (Å²) < 4.78 is 1.77. The van der Waals surface area contributed by atoms with Crippen LogP contribution >= 0.6 is 0 Å². The maximum Gasteiger partial charge on any atom is 0.273 e. The molecule has 0 bridgehead atoms. The van der Waals surface area contributed by atoms with Crippen molar-refractivity contribution in [3.63, 3.8) is 0 Å². The van der Waals surface area contributed by atoms with E-state index in [-0.39, 0.29) is 5.91 Å². The molecule has 0 aromatic carbocycles. The summed E-state index contributed by atoms with van der Waals surface area (Å²) in [7, 11) is 2.10. The van der Waals surface area contributed by atoms with Gasteiger partial charge in [0.25, 0.3) is 5.91 Å². The van der Waals surface area contributed by atoms with E-state index in [0.29, 0.717) is 24.3 Å². The molecular weight excluding hydrogens is 244 g/mol. The number of aromatic nitrogens is 3. The molecule has 7 heteroatoms. The molecule has 104 valence electrons. The molecule has 2 aliphatic rings. The SMILES string of the molecule is CN1CCCC1CNC(=O)c1cn(C2CNC2)nn1. The Morgan fingerprint density at radius 3 is 3.05 bits per heavy atom. The fourth-order valence-corrected chi connectivity index (χ4v) is 2.56. The fraction of sp³-hybridized carbons (Fsp3) is 0.750. The van der Waals surface area contributed by atoms with Gasteiger partial charge < -0.3 is 15.5 Å². The van der Waals surface area contributed by atoms with Crippen molar-refractivity contribution in [3.05, 3.63) is 11.9 Å². The van der Waals surface area contributed by atoms with Gasteiger partial charge in [-0.3, -0.25) is 4.79 Å². The molecule has 1 aromatic rings. The second-order valence-electron chi connectivity index (χ2n) is 5.38. The maximum atomic E-state index is 12.0. The van der Waals surface area contributed by atoms with Crippen molar-refractivity contribution in [1.29, 1.82) is 0 Å². The normalized spacial score (nSPS) is 24.4. The number of likely N-dealkylation sites (N-methyl/N-ethyl adjacent to an activating group) is 1. The molecule has 2 N–H and O–H groups in total. The summed E-state index contributed by atoms with van der Waals surface area (Å²) >= 11 is 0. The number of hydrogen-bond donors (Lipinski definition) is 2. The van der Waals surface area contributed by atoms with Crippen molar-refractivity contribution in [2.75, 3.05) is 33.2 Å². The van der Waals surface area contributed by atoms with Crippen LogP contribution in [0.4, 0.5) is 0 Å². The first-order chi connectivity index (χ1) is 9.24. The summed E-state index contributed by atoms with van der Waals surface area (Å²) in [6.45, 7) is 3.60. The summed E-state index contributed by atoms with van der Waals surface area (Å²) in [5.74, 6) is -0.126. The molecule has 1 atom stereocenters. The molecule has 0 aliphatic carbocycles. The standard InChI is InChI=1S/C12H20N6O/c1-17-4-2-3-9(17)7-14-12(19)11-8-18(16-15-11)10-5-13-6-10/h8-10,13H,2-7H2,1H3,(H,14,19). The molecule has 2 saturated heterocycles. The van der Waals surface area contributed by atoms with E-state index in [1.54, 1.807) is 10.9 Å². The molecule has 19 heavy (non-hydrogen) atoms. The lowest BCUT2D eigenvalue weighted by Crippen LogP contribution is -2.43. The number of hydrogen-bond acceptors (Lipinski definition) is 5. The predicted molar refractivity (Wildman–Crippen MR) is 69.9 cm³/mol. The average molecular weight is 264 g/mol. The van der Waals surface area contributed by atoms with Crippen LogP contribution in [0.25, 0.3) is 0 Å². The Morgan fingerprint density at radius 2 is 2.42 bits per heavy atom. The fourth-order valence-electron chi connectivity index (χ4n) is 2.56. The smallest absolute Gasteiger partial charge is 0.273 e. The Hall–Kier alpha value is -1.47. The van der Waals surface area contributed by atoms with Crippen molar-refractivity contribution in [2.45, 2.75) is 24.9 Å². The predicted octanol–water partition coefficient (Wildman–Crippen LogP) is -0.754. The molecule has 1 unspecified atom stereocenters. The topological polar surface area (TPSA) is 75.1 Å². The molecule has 0 spiro atoms. The van der Waals surface area contributed by atoms with Gasteiger partial charge in [0.05, 0.1) is 12.2 Å². The monoisotopic (exact) mass is 264 g/mol. The highest BCUT2D eigenvalue weighted by Crippen LogP contribution is 2.14. The maximum absolute atomic E-state index is 12.0. The second-order valence-corrected chi connectivity index (χ2v) is 5.38. The van der Waals surface area contributed by atoms with Gasteiger partial charge in [-0.2, -0.15) is 0 Å². The van der Waals surface area contributed by atoms with Crippen molar-refractivity contribution in [1.82, 2.24) is 30.5 Å². The Kier molecular flexibility index (Phi) is 3.48. The van der Waals surface area contributed by atoms with E-state index in [0.717, 1.165) is 26.1 Å². The van der Waals surface area contributed by atoms with Crippen molar-refractivity contribution in [3.8, 4) is 0 Å². The third kappa shape index (κ3) is 2.62. The Bertz CT molecular complexity index is 455. The molecule has 3 heterocycles. The van der Waals surface area contributed by atoms with Crippen LogP contribution in [-0.4, -0.2) is 65.1 Å². The minimum Gasteiger partial charge on any atom is -0.349 e. The summed E-state index contributed by atoms with van der Waals surface area (Å²) in [5.41, 5.74) is 0.410. The number of amides is 1. The van der Waals surface area contributed by atoms with Crippen LogP contribution in [0.3, 0.4) is 0 Å². The zero-order chi connectivity index (χ0) is 13.2. The molecule has 0 radical (unpaired) electrons. The summed E-state index contributed by atoms with van der Waals surface area (Å²) in [6.07, 6.45) is 4.10. The van der Waals surface area contributed by atoms with Gasteiger partial charge in [0.1, 0.15) is 0 Å². The van der Waals surface area contributed by atoms with E-state index >= 15 is 0 Å². The largest absolute Gasteiger partial charge is 0.349 e. The van der Waals surface area contributed by atoms with Crippen LogP contribution in [0.5, 0.6) is 0 Å². The van der Waals surface area contributed by atoms with E-state index < -0.39 is 0 Å². The van der Waals surface area contributed by atoms with Gasteiger partial charge in [0, 0.05) is 25.7 Å². The number of carbonyl (C=O) groups is 1. The quantitative estimate of drug-likeness (QED) is 0.748. The lowest BCUT2D eigenvalue weighted by Gasteiger charge is -2.26. The van der Waals surface area contributed by atoms with Crippen LogP contribution in [0.1, 0.15) is 29.4 Å². The number of rotatable bonds is 4. The van der Waals surface area contributed by atoms with Gasteiger partial charge in [-0.05, 0) is 26.4 Å². The van der Waals surface area contributed by atoms with Crippen molar-refractivity contribution < 1.29 is 4.79 Å². The van der Waals surface area contributed by atoms with E-state index in [9.17, 15) is 4.79 Å². The molecule has 2 fully saturated rings. The minimum absolute atomic E-state index is 0.126. The third-order valence-electron chi connectivity index (χ3n) is 4.05. The lowest BCUT2D eigenvalue weighted by atomic mass is 10.2. The first kappa shape index (κ1) is 12.6.